The Morgan fingerprint density at radius 1 is 1.10 bits per heavy atom. The van der Waals surface area contributed by atoms with Gasteiger partial charge in [-0.15, -0.1) is 0 Å². The third-order valence-electron chi connectivity index (χ3n) is 7.02. The molecule has 5 nitrogen and oxygen atoms in total. The van der Waals surface area contributed by atoms with Crippen LogP contribution in [0.25, 0.3) is 22.0 Å². The quantitative estimate of drug-likeness (QED) is 0.632. The molecule has 2 fully saturated rings. The van der Waals surface area contributed by atoms with Gasteiger partial charge in [-0.25, -0.2) is 4.39 Å². The predicted octanol–water partition coefficient (Wildman–Crippen LogP) is 4.16. The lowest BCUT2D eigenvalue weighted by Crippen LogP contribution is -2.59. The van der Waals surface area contributed by atoms with Gasteiger partial charge in [0.15, 0.2) is 0 Å². The van der Waals surface area contributed by atoms with Crippen molar-refractivity contribution < 1.29 is 14.0 Å². The number of amides is 2. The number of aromatic nitrogens is 1. The first-order valence-corrected chi connectivity index (χ1v) is 10.6. The molecule has 0 N–H and O–H groups in total. The highest BCUT2D eigenvalue weighted by atomic mass is 19.1. The Balaban J connectivity index is 1.39. The summed E-state index contributed by atoms with van der Waals surface area (Å²) in [5.74, 6) is -0.0988. The first kappa shape index (κ1) is 18.5. The molecule has 0 radical (unpaired) electrons. The van der Waals surface area contributed by atoms with E-state index in [2.05, 4.69) is 11.1 Å². The lowest BCUT2D eigenvalue weighted by Gasteiger charge is -2.42. The molecule has 6 heteroatoms. The van der Waals surface area contributed by atoms with Crippen molar-refractivity contribution in [3.8, 4) is 11.1 Å². The maximum atomic E-state index is 13.8. The van der Waals surface area contributed by atoms with Crippen molar-refractivity contribution in [2.75, 3.05) is 20.1 Å². The van der Waals surface area contributed by atoms with E-state index in [0.29, 0.717) is 5.56 Å². The van der Waals surface area contributed by atoms with Gasteiger partial charge in [-0.05, 0) is 49.1 Å². The van der Waals surface area contributed by atoms with E-state index < -0.39 is 5.67 Å². The van der Waals surface area contributed by atoms with Crippen molar-refractivity contribution in [1.82, 2.24) is 14.8 Å². The van der Waals surface area contributed by atoms with E-state index in [4.69, 9.17) is 0 Å². The van der Waals surface area contributed by atoms with E-state index in [0.717, 1.165) is 46.0 Å². The van der Waals surface area contributed by atoms with Gasteiger partial charge < -0.3 is 9.80 Å². The van der Waals surface area contributed by atoms with Crippen molar-refractivity contribution in [2.24, 2.45) is 0 Å². The molecule has 0 unspecified atom stereocenters. The molecule has 2 aromatic carbocycles. The molecule has 6 rings (SSSR count). The Morgan fingerprint density at radius 3 is 2.58 bits per heavy atom. The highest BCUT2D eigenvalue weighted by Gasteiger charge is 2.56. The van der Waals surface area contributed by atoms with E-state index >= 15 is 0 Å². The highest BCUT2D eigenvalue weighted by Crippen LogP contribution is 2.56. The lowest BCUT2D eigenvalue weighted by molar-refractivity contribution is -0.00787. The highest BCUT2D eigenvalue weighted by molar-refractivity contribution is 6.03. The second-order valence-corrected chi connectivity index (χ2v) is 9.33. The topological polar surface area (TPSA) is 53.5 Å². The van der Waals surface area contributed by atoms with E-state index in [1.165, 1.54) is 11.8 Å². The number of para-hydroxylation sites is 1. The zero-order valence-electron chi connectivity index (χ0n) is 17.5. The summed E-state index contributed by atoms with van der Waals surface area (Å²) in [6.07, 6.45) is 3.58. The van der Waals surface area contributed by atoms with Crippen LogP contribution in [0.3, 0.4) is 0 Å². The Labute approximate surface area is 179 Å². The SMILES string of the molecule is CN1C(=O)c2ccc(-c3cccc4cc(C(=O)N5CC(C)(F)C5)cnc34)cc2C12CC2. The molecule has 3 aromatic rings. The van der Waals surface area contributed by atoms with Crippen LogP contribution in [-0.4, -0.2) is 52.4 Å². The van der Waals surface area contributed by atoms with Crippen LogP contribution in [0.2, 0.25) is 0 Å². The number of halogens is 1. The molecule has 1 saturated carbocycles. The smallest absolute Gasteiger partial charge is 0.255 e. The van der Waals surface area contributed by atoms with Crippen LogP contribution in [0.15, 0.2) is 48.7 Å². The van der Waals surface area contributed by atoms with E-state index in [1.54, 1.807) is 6.20 Å². The average Bonchev–Trinajstić information content (AvgIpc) is 3.53. The van der Waals surface area contributed by atoms with Gasteiger partial charge in [0.1, 0.15) is 5.67 Å². The van der Waals surface area contributed by atoms with Crippen molar-refractivity contribution in [2.45, 2.75) is 31.0 Å². The molecular weight excluding hydrogens is 393 g/mol. The molecule has 3 aliphatic rings. The molecule has 2 amide bonds. The number of carbonyl (C=O) groups is 2. The molecule has 1 aliphatic carbocycles. The minimum Gasteiger partial charge on any atom is -0.332 e. The van der Waals surface area contributed by atoms with Gasteiger partial charge in [-0.3, -0.25) is 14.6 Å². The number of hydrogen-bond acceptors (Lipinski definition) is 3. The summed E-state index contributed by atoms with van der Waals surface area (Å²) < 4.78 is 13.8. The standard InChI is InChI=1S/C25H22FN3O2/c1-24(26)13-29(14-24)22(30)17-10-16-4-3-5-18(21(16)27-12-17)15-6-7-19-20(11-15)25(8-9-25)28(2)23(19)31/h3-7,10-12H,8-9,13-14H2,1-2H3. The van der Waals surface area contributed by atoms with Crippen molar-refractivity contribution in [1.29, 1.82) is 0 Å². The zero-order valence-corrected chi connectivity index (χ0v) is 17.5. The van der Waals surface area contributed by atoms with Gasteiger partial charge in [-0.2, -0.15) is 0 Å². The van der Waals surface area contributed by atoms with Gasteiger partial charge in [-0.1, -0.05) is 24.3 Å². The molecular formula is C25H22FN3O2. The number of fused-ring (bicyclic) bond motifs is 3. The van der Waals surface area contributed by atoms with Crippen LogP contribution >= 0.6 is 0 Å². The summed E-state index contributed by atoms with van der Waals surface area (Å²) in [5, 5.41) is 0.863. The third kappa shape index (κ3) is 2.57. The van der Waals surface area contributed by atoms with E-state index in [-0.39, 0.29) is 30.4 Å². The molecule has 3 heterocycles. The fourth-order valence-corrected chi connectivity index (χ4v) is 5.15. The second-order valence-electron chi connectivity index (χ2n) is 9.33. The maximum Gasteiger partial charge on any atom is 0.255 e. The van der Waals surface area contributed by atoms with E-state index in [9.17, 15) is 14.0 Å². The van der Waals surface area contributed by atoms with Gasteiger partial charge in [0.25, 0.3) is 11.8 Å². The Bertz CT molecular complexity index is 1290. The minimum absolute atomic E-state index is 0.0913. The number of likely N-dealkylation sites (tertiary alicyclic amines) is 1. The number of benzene rings is 2. The molecule has 0 bridgehead atoms. The number of carbonyl (C=O) groups excluding carboxylic acids is 2. The van der Waals surface area contributed by atoms with Crippen LogP contribution in [0.4, 0.5) is 4.39 Å². The summed E-state index contributed by atoms with van der Waals surface area (Å²) in [7, 11) is 1.89. The average molecular weight is 415 g/mol. The Morgan fingerprint density at radius 2 is 1.87 bits per heavy atom. The van der Waals surface area contributed by atoms with Gasteiger partial charge in [0.05, 0.1) is 29.7 Å². The number of pyridine rings is 1. The molecule has 156 valence electrons. The fourth-order valence-electron chi connectivity index (χ4n) is 5.15. The van der Waals surface area contributed by atoms with Crippen molar-refractivity contribution in [3.63, 3.8) is 0 Å². The summed E-state index contributed by atoms with van der Waals surface area (Å²) in [4.78, 5) is 33.3. The number of hydrogen-bond donors (Lipinski definition) is 0. The number of alkyl halides is 1. The van der Waals surface area contributed by atoms with Crippen molar-refractivity contribution >= 4 is 22.7 Å². The summed E-state index contributed by atoms with van der Waals surface area (Å²) in [6, 6.07) is 13.8. The monoisotopic (exact) mass is 415 g/mol. The predicted molar refractivity (Wildman–Crippen MR) is 116 cm³/mol. The van der Waals surface area contributed by atoms with Gasteiger partial charge >= 0.3 is 0 Å². The summed E-state index contributed by atoms with van der Waals surface area (Å²) >= 11 is 0. The maximum absolute atomic E-state index is 13.8. The number of nitrogens with zero attached hydrogens (tertiary/aromatic N) is 3. The largest absolute Gasteiger partial charge is 0.332 e. The van der Waals surface area contributed by atoms with Crippen molar-refractivity contribution in [3.05, 3.63) is 65.4 Å². The Kier molecular flexibility index (Phi) is 3.52. The molecule has 0 atom stereocenters. The fraction of sp³-hybridized carbons (Fsp3) is 0.320. The van der Waals surface area contributed by atoms with Crippen LogP contribution in [0, 0.1) is 0 Å². The normalized spacial score (nSPS) is 20.2. The zero-order chi connectivity index (χ0) is 21.5. The summed E-state index contributed by atoms with van der Waals surface area (Å²) in [5.41, 5.74) is 3.72. The summed E-state index contributed by atoms with van der Waals surface area (Å²) in [6.45, 7) is 1.75. The molecule has 1 saturated heterocycles. The van der Waals surface area contributed by atoms with Crippen LogP contribution < -0.4 is 0 Å². The molecule has 1 spiro atoms. The minimum atomic E-state index is -1.30. The van der Waals surface area contributed by atoms with Gasteiger partial charge in [0.2, 0.25) is 0 Å². The first-order chi connectivity index (χ1) is 14.8. The Hall–Kier alpha value is -3.28. The molecule has 31 heavy (non-hydrogen) atoms. The first-order valence-electron chi connectivity index (χ1n) is 10.6. The van der Waals surface area contributed by atoms with Crippen LogP contribution in [-0.2, 0) is 5.54 Å². The number of rotatable bonds is 2. The second kappa shape index (κ2) is 5.90. The van der Waals surface area contributed by atoms with Crippen LogP contribution in [0.1, 0.15) is 46.0 Å². The third-order valence-corrected chi connectivity index (χ3v) is 7.02. The van der Waals surface area contributed by atoms with Crippen LogP contribution in [0.5, 0.6) is 0 Å². The molecule has 2 aliphatic heterocycles. The lowest BCUT2D eigenvalue weighted by atomic mass is 9.94. The van der Waals surface area contributed by atoms with Gasteiger partial charge in [0, 0.05) is 29.8 Å². The van der Waals surface area contributed by atoms with E-state index in [1.807, 2.05) is 48.3 Å². The molecule has 1 aromatic heterocycles.